The number of ether oxygens (including phenoxy) is 2. The molecule has 1 amide bonds. The zero-order chi connectivity index (χ0) is 23.2. The summed E-state index contributed by atoms with van der Waals surface area (Å²) in [4.78, 5) is 27.9. The molecule has 0 bridgehead atoms. The molecule has 0 atom stereocenters. The topological polar surface area (TPSA) is 109 Å². The number of thiocarbonyl (C=S) groups is 1. The first kappa shape index (κ1) is 22.9. The van der Waals surface area contributed by atoms with Crippen LogP contribution in [0, 0.1) is 10.1 Å². The lowest BCUT2D eigenvalue weighted by atomic mass is 10.1. The van der Waals surface area contributed by atoms with Crippen molar-refractivity contribution in [1.29, 1.82) is 0 Å². The molecule has 2 aliphatic rings. The van der Waals surface area contributed by atoms with Crippen molar-refractivity contribution in [3.63, 3.8) is 0 Å². The molecule has 0 radical (unpaired) electrons. The van der Waals surface area contributed by atoms with E-state index in [9.17, 15) is 14.9 Å². The molecular formula is C22H25N5O5S. The van der Waals surface area contributed by atoms with Crippen molar-refractivity contribution < 1.29 is 19.2 Å². The lowest BCUT2D eigenvalue weighted by Gasteiger charge is -2.29. The average molecular weight is 472 g/mol. The number of carbonyl (C=O) groups is 1. The van der Waals surface area contributed by atoms with Gasteiger partial charge in [0.25, 0.3) is 11.6 Å². The Morgan fingerprint density at radius 2 is 1.55 bits per heavy atom. The standard InChI is InChI=1S/C22H25N5O5S/c28-21(16-1-6-19(20(15-16)27(29)30)26-9-13-32-14-10-26)24-22(33)23-17-2-4-18(5-3-17)25-7-11-31-12-8-25/h1-6,15H,7-14H2,(H2,23,24,28,33). The van der Waals surface area contributed by atoms with E-state index in [1.54, 1.807) is 12.1 Å². The molecule has 2 saturated heterocycles. The molecule has 4 rings (SSSR count). The van der Waals surface area contributed by atoms with Gasteiger partial charge in [0.1, 0.15) is 5.69 Å². The Kier molecular flexibility index (Phi) is 7.33. The summed E-state index contributed by atoms with van der Waals surface area (Å²) < 4.78 is 10.7. The first-order chi connectivity index (χ1) is 16.0. The van der Waals surface area contributed by atoms with Crippen LogP contribution in [0.15, 0.2) is 42.5 Å². The summed E-state index contributed by atoms with van der Waals surface area (Å²) in [7, 11) is 0. The minimum atomic E-state index is -0.519. The molecular weight excluding hydrogens is 446 g/mol. The van der Waals surface area contributed by atoms with Gasteiger partial charge in [-0.2, -0.15) is 0 Å². The molecule has 11 heteroatoms. The molecule has 33 heavy (non-hydrogen) atoms. The Balaban J connectivity index is 1.38. The molecule has 174 valence electrons. The number of benzene rings is 2. The SMILES string of the molecule is O=C(NC(=S)Nc1ccc(N2CCOCC2)cc1)c1ccc(N2CCOCC2)c([N+](=O)[O-])c1. The zero-order valence-electron chi connectivity index (χ0n) is 18.0. The Morgan fingerprint density at radius 1 is 0.939 bits per heavy atom. The third-order valence-electron chi connectivity index (χ3n) is 5.51. The maximum absolute atomic E-state index is 12.7. The Hall–Kier alpha value is -3.28. The summed E-state index contributed by atoms with van der Waals surface area (Å²) in [6.45, 7) is 5.24. The fourth-order valence-corrected chi connectivity index (χ4v) is 4.01. The monoisotopic (exact) mass is 471 g/mol. The van der Waals surface area contributed by atoms with Gasteiger partial charge in [-0.1, -0.05) is 0 Å². The van der Waals surface area contributed by atoms with Crippen LogP contribution < -0.4 is 20.4 Å². The quantitative estimate of drug-likeness (QED) is 0.386. The molecule has 0 spiro atoms. The van der Waals surface area contributed by atoms with E-state index in [1.165, 1.54) is 6.07 Å². The Labute approximate surface area is 196 Å². The first-order valence-electron chi connectivity index (χ1n) is 10.7. The van der Waals surface area contributed by atoms with E-state index in [0.717, 1.165) is 24.5 Å². The van der Waals surface area contributed by atoms with Gasteiger partial charge in [-0.15, -0.1) is 0 Å². The second-order valence-corrected chi connectivity index (χ2v) is 8.02. The molecule has 2 aromatic carbocycles. The minimum absolute atomic E-state index is 0.110. The minimum Gasteiger partial charge on any atom is -0.378 e. The summed E-state index contributed by atoms with van der Waals surface area (Å²) in [5.41, 5.74) is 2.32. The maximum Gasteiger partial charge on any atom is 0.293 e. The molecule has 0 saturated carbocycles. The van der Waals surface area contributed by atoms with Crippen LogP contribution in [0.5, 0.6) is 0 Å². The van der Waals surface area contributed by atoms with Gasteiger partial charge < -0.3 is 24.6 Å². The van der Waals surface area contributed by atoms with E-state index in [0.29, 0.717) is 45.2 Å². The second kappa shape index (κ2) is 10.6. The summed E-state index contributed by atoms with van der Waals surface area (Å²) in [6.07, 6.45) is 0. The Bertz CT molecular complexity index is 1020. The van der Waals surface area contributed by atoms with Crippen molar-refractivity contribution >= 4 is 46.0 Å². The smallest absolute Gasteiger partial charge is 0.293 e. The summed E-state index contributed by atoms with van der Waals surface area (Å²) in [5, 5.41) is 17.3. The largest absolute Gasteiger partial charge is 0.378 e. The predicted octanol–water partition coefficient (Wildman–Crippen LogP) is 2.39. The summed E-state index contributed by atoms with van der Waals surface area (Å²) in [6, 6.07) is 12.2. The number of nitro groups is 1. The number of morpholine rings is 2. The van der Waals surface area contributed by atoms with Crippen molar-refractivity contribution in [1.82, 2.24) is 5.32 Å². The summed E-state index contributed by atoms with van der Waals surface area (Å²) in [5.74, 6) is -0.519. The first-order valence-corrected chi connectivity index (χ1v) is 11.1. The number of carbonyl (C=O) groups excluding carboxylic acids is 1. The van der Waals surface area contributed by atoms with Gasteiger partial charge in [-0.25, -0.2) is 0 Å². The Morgan fingerprint density at radius 3 is 2.15 bits per heavy atom. The van der Waals surface area contributed by atoms with Crippen LogP contribution in [0.4, 0.5) is 22.7 Å². The highest BCUT2D eigenvalue weighted by atomic mass is 32.1. The van der Waals surface area contributed by atoms with E-state index >= 15 is 0 Å². The predicted molar refractivity (Wildman–Crippen MR) is 129 cm³/mol. The molecule has 2 aromatic rings. The van der Waals surface area contributed by atoms with Crippen molar-refractivity contribution in [2.45, 2.75) is 0 Å². The third-order valence-corrected chi connectivity index (χ3v) is 5.72. The van der Waals surface area contributed by atoms with Crippen LogP contribution in [0.1, 0.15) is 10.4 Å². The number of amides is 1. The van der Waals surface area contributed by atoms with Gasteiger partial charge in [0.15, 0.2) is 5.11 Å². The number of rotatable bonds is 5. The molecule has 0 unspecified atom stereocenters. The fourth-order valence-electron chi connectivity index (χ4n) is 3.80. The lowest BCUT2D eigenvalue weighted by Crippen LogP contribution is -2.37. The van der Waals surface area contributed by atoms with Gasteiger partial charge in [-0.05, 0) is 48.6 Å². The van der Waals surface area contributed by atoms with E-state index < -0.39 is 10.8 Å². The van der Waals surface area contributed by atoms with E-state index in [2.05, 4.69) is 15.5 Å². The van der Waals surface area contributed by atoms with Crippen molar-refractivity contribution in [3.05, 3.63) is 58.1 Å². The van der Waals surface area contributed by atoms with Crippen LogP contribution in [0.3, 0.4) is 0 Å². The van der Waals surface area contributed by atoms with Crippen LogP contribution >= 0.6 is 12.2 Å². The molecule has 2 heterocycles. The molecule has 0 aromatic heterocycles. The normalized spacial score (nSPS) is 16.2. The van der Waals surface area contributed by atoms with Gasteiger partial charge in [-0.3, -0.25) is 20.2 Å². The van der Waals surface area contributed by atoms with Gasteiger partial charge in [0.05, 0.1) is 31.4 Å². The number of nitrogens with one attached hydrogen (secondary N) is 2. The lowest BCUT2D eigenvalue weighted by molar-refractivity contribution is -0.384. The van der Waals surface area contributed by atoms with Crippen LogP contribution in [0.2, 0.25) is 0 Å². The average Bonchev–Trinajstić information content (AvgIpc) is 2.85. The second-order valence-electron chi connectivity index (χ2n) is 7.61. The molecule has 0 aliphatic carbocycles. The third kappa shape index (κ3) is 5.75. The van der Waals surface area contributed by atoms with Gasteiger partial charge in [0.2, 0.25) is 0 Å². The number of hydrogen-bond acceptors (Lipinski definition) is 8. The zero-order valence-corrected chi connectivity index (χ0v) is 18.8. The van der Waals surface area contributed by atoms with Gasteiger partial charge >= 0.3 is 0 Å². The number of nitrogens with zero attached hydrogens (tertiary/aromatic N) is 3. The number of anilines is 3. The van der Waals surface area contributed by atoms with Crippen molar-refractivity contribution in [2.75, 3.05) is 67.7 Å². The molecule has 2 aliphatic heterocycles. The molecule has 2 N–H and O–H groups in total. The van der Waals surface area contributed by atoms with Crippen molar-refractivity contribution in [3.8, 4) is 0 Å². The highest BCUT2D eigenvalue weighted by molar-refractivity contribution is 7.80. The molecule has 2 fully saturated rings. The van der Waals surface area contributed by atoms with Crippen LogP contribution in [-0.2, 0) is 9.47 Å². The number of nitro benzene ring substituents is 1. The van der Waals surface area contributed by atoms with Crippen LogP contribution in [0.25, 0.3) is 0 Å². The fraction of sp³-hybridized carbons (Fsp3) is 0.364. The highest BCUT2D eigenvalue weighted by Gasteiger charge is 2.23. The molecule has 10 nitrogen and oxygen atoms in total. The van der Waals surface area contributed by atoms with Gasteiger partial charge in [0, 0.05) is 49.2 Å². The highest BCUT2D eigenvalue weighted by Crippen LogP contribution is 2.30. The maximum atomic E-state index is 12.7. The van der Waals surface area contributed by atoms with E-state index in [4.69, 9.17) is 21.7 Å². The van der Waals surface area contributed by atoms with E-state index in [1.807, 2.05) is 29.2 Å². The van der Waals surface area contributed by atoms with Crippen molar-refractivity contribution in [2.24, 2.45) is 0 Å². The number of hydrogen-bond donors (Lipinski definition) is 2. The summed E-state index contributed by atoms with van der Waals surface area (Å²) >= 11 is 5.26. The van der Waals surface area contributed by atoms with E-state index in [-0.39, 0.29) is 16.4 Å². The van der Waals surface area contributed by atoms with Crippen LogP contribution in [-0.4, -0.2) is 68.5 Å².